The molecule has 24 heavy (non-hydrogen) atoms. The van der Waals surface area contributed by atoms with E-state index in [1.165, 1.54) is 51.9 Å². The number of guanidine groups is 1. The second-order valence-corrected chi connectivity index (χ2v) is 6.93. The minimum absolute atomic E-state index is 0. The molecule has 0 spiro atoms. The van der Waals surface area contributed by atoms with Crippen molar-refractivity contribution in [3.8, 4) is 0 Å². The van der Waals surface area contributed by atoms with Gasteiger partial charge in [-0.2, -0.15) is 0 Å². The minimum atomic E-state index is 0. The number of allylic oxidation sites excluding steroid dienone is 1. The van der Waals surface area contributed by atoms with Gasteiger partial charge < -0.3 is 15.5 Å². The molecule has 1 unspecified atom stereocenters. The predicted octanol–water partition coefficient (Wildman–Crippen LogP) is 2.30. The summed E-state index contributed by atoms with van der Waals surface area (Å²) >= 11 is 0. The Hall–Kier alpha value is -0.340. The smallest absolute Gasteiger partial charge is 0.191 e. The number of halogens is 1. The van der Waals surface area contributed by atoms with Crippen LogP contribution in [0.4, 0.5) is 0 Å². The van der Waals surface area contributed by atoms with E-state index < -0.39 is 0 Å². The molecular formula is C18H36IN5. The fourth-order valence-electron chi connectivity index (χ4n) is 3.33. The molecule has 2 rings (SSSR count). The van der Waals surface area contributed by atoms with Gasteiger partial charge in [0.15, 0.2) is 5.96 Å². The fraction of sp³-hybridized carbons (Fsp3) is 0.833. The maximum absolute atomic E-state index is 4.35. The highest BCUT2D eigenvalue weighted by Gasteiger charge is 2.19. The number of hydrogen-bond donors (Lipinski definition) is 2. The number of rotatable bonds is 6. The van der Waals surface area contributed by atoms with Crippen LogP contribution in [0.5, 0.6) is 0 Å². The van der Waals surface area contributed by atoms with E-state index in [0.717, 1.165) is 25.5 Å². The summed E-state index contributed by atoms with van der Waals surface area (Å²) in [4.78, 5) is 9.31. The van der Waals surface area contributed by atoms with Gasteiger partial charge in [-0.15, -0.1) is 24.0 Å². The molecule has 0 aromatic carbocycles. The Morgan fingerprint density at radius 3 is 2.58 bits per heavy atom. The summed E-state index contributed by atoms with van der Waals surface area (Å²) < 4.78 is 0. The Morgan fingerprint density at radius 2 is 1.96 bits per heavy atom. The first kappa shape index (κ1) is 21.7. The van der Waals surface area contributed by atoms with Crippen LogP contribution in [0.25, 0.3) is 0 Å². The highest BCUT2D eigenvalue weighted by molar-refractivity contribution is 14.0. The second kappa shape index (κ2) is 12.1. The lowest BCUT2D eigenvalue weighted by Gasteiger charge is -2.36. The Labute approximate surface area is 165 Å². The largest absolute Gasteiger partial charge is 0.356 e. The molecule has 6 heteroatoms. The van der Waals surface area contributed by atoms with E-state index in [4.69, 9.17) is 0 Å². The monoisotopic (exact) mass is 449 g/mol. The Kier molecular flexibility index (Phi) is 10.9. The topological polar surface area (TPSA) is 42.9 Å². The lowest BCUT2D eigenvalue weighted by Crippen LogP contribution is -2.52. The number of hydrogen-bond acceptors (Lipinski definition) is 3. The highest BCUT2D eigenvalue weighted by Crippen LogP contribution is 2.19. The fourth-order valence-corrected chi connectivity index (χ4v) is 3.33. The predicted molar refractivity (Wildman–Crippen MR) is 114 cm³/mol. The summed E-state index contributed by atoms with van der Waals surface area (Å²) in [5, 5.41) is 6.93. The molecule has 1 heterocycles. The van der Waals surface area contributed by atoms with Crippen molar-refractivity contribution >= 4 is 29.9 Å². The normalized spacial score (nSPS) is 21.6. The number of nitrogens with zero attached hydrogens (tertiary/aromatic N) is 3. The van der Waals surface area contributed by atoms with Crippen LogP contribution in [0.2, 0.25) is 0 Å². The van der Waals surface area contributed by atoms with E-state index in [9.17, 15) is 0 Å². The summed E-state index contributed by atoms with van der Waals surface area (Å²) in [5.41, 5.74) is 1.62. The lowest BCUT2D eigenvalue weighted by molar-refractivity contribution is 0.120. The van der Waals surface area contributed by atoms with Crippen molar-refractivity contribution in [1.82, 2.24) is 20.4 Å². The third-order valence-corrected chi connectivity index (χ3v) is 5.07. The van der Waals surface area contributed by atoms with Gasteiger partial charge in [-0.3, -0.25) is 9.89 Å². The maximum atomic E-state index is 4.35. The SMILES string of the molecule is CN=C(NCCC1=CCCCC1)NCC(C)N1CCN(C)CC1.I. The molecule has 2 aliphatic rings. The zero-order chi connectivity index (χ0) is 16.5. The molecule has 0 aromatic heterocycles. The standard InChI is InChI=1S/C18H35N5.HI/c1-16(23-13-11-22(3)12-14-23)15-21-18(19-2)20-10-9-17-7-5-4-6-8-17;/h7,16H,4-6,8-15H2,1-3H3,(H2,19,20,21);1H. The van der Waals surface area contributed by atoms with Crippen molar-refractivity contribution in [2.24, 2.45) is 4.99 Å². The van der Waals surface area contributed by atoms with Gasteiger partial charge >= 0.3 is 0 Å². The van der Waals surface area contributed by atoms with Crippen molar-refractivity contribution in [1.29, 1.82) is 0 Å². The van der Waals surface area contributed by atoms with Crippen LogP contribution >= 0.6 is 24.0 Å². The first-order valence-corrected chi connectivity index (χ1v) is 9.24. The van der Waals surface area contributed by atoms with Crippen molar-refractivity contribution in [3.05, 3.63) is 11.6 Å². The molecule has 5 nitrogen and oxygen atoms in total. The van der Waals surface area contributed by atoms with Crippen molar-refractivity contribution in [2.45, 2.75) is 45.1 Å². The van der Waals surface area contributed by atoms with Crippen LogP contribution < -0.4 is 10.6 Å². The van der Waals surface area contributed by atoms with Gasteiger partial charge in [-0.1, -0.05) is 11.6 Å². The highest BCUT2D eigenvalue weighted by atomic mass is 127. The lowest BCUT2D eigenvalue weighted by atomic mass is 9.97. The van der Waals surface area contributed by atoms with Crippen molar-refractivity contribution in [2.75, 3.05) is 53.4 Å². The number of piperazine rings is 1. The van der Waals surface area contributed by atoms with Crippen molar-refractivity contribution in [3.63, 3.8) is 0 Å². The average Bonchev–Trinajstić information content (AvgIpc) is 2.59. The Bertz CT molecular complexity index is 402. The summed E-state index contributed by atoms with van der Waals surface area (Å²) in [6.45, 7) is 8.91. The van der Waals surface area contributed by atoms with Crippen LogP contribution in [-0.4, -0.2) is 75.2 Å². The van der Waals surface area contributed by atoms with Gasteiger partial charge in [0, 0.05) is 52.4 Å². The van der Waals surface area contributed by atoms with Crippen LogP contribution in [0.1, 0.15) is 39.0 Å². The average molecular weight is 449 g/mol. The van der Waals surface area contributed by atoms with Crippen molar-refractivity contribution < 1.29 is 0 Å². The number of nitrogens with one attached hydrogen (secondary N) is 2. The van der Waals surface area contributed by atoms with Crippen LogP contribution in [0.3, 0.4) is 0 Å². The number of aliphatic imine (C=N–C) groups is 1. The maximum Gasteiger partial charge on any atom is 0.191 e. The van der Waals surface area contributed by atoms with Gasteiger partial charge in [0.25, 0.3) is 0 Å². The molecule has 1 fully saturated rings. The van der Waals surface area contributed by atoms with Gasteiger partial charge in [-0.05, 0) is 46.1 Å². The van der Waals surface area contributed by atoms with E-state index in [1.807, 2.05) is 7.05 Å². The first-order chi connectivity index (χ1) is 11.2. The molecule has 1 aliphatic heterocycles. The van der Waals surface area contributed by atoms with Gasteiger partial charge in [-0.25, -0.2) is 0 Å². The number of likely N-dealkylation sites (N-methyl/N-ethyl adjacent to an activating group) is 1. The molecule has 1 saturated heterocycles. The Balaban J connectivity index is 0.00000288. The quantitative estimate of drug-likeness (QED) is 0.283. The molecule has 0 saturated carbocycles. The summed E-state index contributed by atoms with van der Waals surface area (Å²) in [7, 11) is 4.06. The molecule has 1 atom stereocenters. The van der Waals surface area contributed by atoms with E-state index in [1.54, 1.807) is 5.57 Å². The molecule has 2 N–H and O–H groups in total. The van der Waals surface area contributed by atoms with Gasteiger partial charge in [0.05, 0.1) is 0 Å². The molecule has 1 aliphatic carbocycles. The van der Waals surface area contributed by atoms with E-state index >= 15 is 0 Å². The van der Waals surface area contributed by atoms with Crippen LogP contribution in [0.15, 0.2) is 16.6 Å². The van der Waals surface area contributed by atoms with Gasteiger partial charge in [0.1, 0.15) is 0 Å². The molecule has 0 radical (unpaired) electrons. The molecular weight excluding hydrogens is 413 g/mol. The molecule has 0 bridgehead atoms. The second-order valence-electron chi connectivity index (χ2n) is 6.93. The summed E-state index contributed by atoms with van der Waals surface area (Å²) in [6, 6.07) is 0.545. The Morgan fingerprint density at radius 1 is 1.21 bits per heavy atom. The van der Waals surface area contributed by atoms with Crippen LogP contribution in [-0.2, 0) is 0 Å². The molecule has 0 aromatic rings. The first-order valence-electron chi connectivity index (χ1n) is 9.24. The molecule has 140 valence electrons. The summed E-state index contributed by atoms with van der Waals surface area (Å²) in [5.74, 6) is 0.933. The summed E-state index contributed by atoms with van der Waals surface area (Å²) in [6.07, 6.45) is 8.86. The van der Waals surface area contributed by atoms with E-state index in [-0.39, 0.29) is 24.0 Å². The zero-order valence-electron chi connectivity index (χ0n) is 15.7. The third-order valence-electron chi connectivity index (χ3n) is 5.07. The third kappa shape index (κ3) is 7.70. The van der Waals surface area contributed by atoms with Crippen LogP contribution in [0, 0.1) is 0 Å². The molecule has 0 amide bonds. The minimum Gasteiger partial charge on any atom is -0.356 e. The zero-order valence-corrected chi connectivity index (χ0v) is 18.0. The van der Waals surface area contributed by atoms with E-state index in [0.29, 0.717) is 6.04 Å². The van der Waals surface area contributed by atoms with Gasteiger partial charge in [0.2, 0.25) is 0 Å². The van der Waals surface area contributed by atoms with E-state index in [2.05, 4.69) is 45.5 Å².